The molecule has 6 heteroatoms. The lowest BCUT2D eigenvalue weighted by atomic mass is 10.1. The number of furan rings is 1. The van der Waals surface area contributed by atoms with Gasteiger partial charge in [-0.2, -0.15) is 0 Å². The average molecular weight is 267 g/mol. The maximum absolute atomic E-state index is 11.5. The van der Waals surface area contributed by atoms with Gasteiger partial charge in [0.1, 0.15) is 11.3 Å². The first-order valence-electron chi connectivity index (χ1n) is 5.30. The van der Waals surface area contributed by atoms with Crippen LogP contribution in [0.2, 0.25) is 0 Å². The van der Waals surface area contributed by atoms with Crippen LogP contribution in [-0.2, 0) is 10.0 Å². The summed E-state index contributed by atoms with van der Waals surface area (Å²) in [6.45, 7) is 3.16. The van der Waals surface area contributed by atoms with Crippen LogP contribution in [0.4, 0.5) is 5.69 Å². The fraction of sp³-hybridized carbons (Fsp3) is 0.250. The minimum absolute atomic E-state index is 0.109. The molecule has 0 spiro atoms. The SMILES string of the molecule is CC(=O)c1c(C)oc2ccc(NS(C)(=O)=O)cc12. The van der Waals surface area contributed by atoms with Gasteiger partial charge in [-0.25, -0.2) is 8.42 Å². The molecule has 0 fully saturated rings. The average Bonchev–Trinajstić information content (AvgIpc) is 2.50. The van der Waals surface area contributed by atoms with Crippen LogP contribution >= 0.6 is 0 Å². The number of Topliss-reactive ketones (excluding diaryl/α,β-unsaturated/α-hetero) is 1. The van der Waals surface area contributed by atoms with Crippen molar-refractivity contribution in [3.05, 3.63) is 29.5 Å². The van der Waals surface area contributed by atoms with Gasteiger partial charge in [-0.15, -0.1) is 0 Å². The minimum atomic E-state index is -3.34. The summed E-state index contributed by atoms with van der Waals surface area (Å²) < 4.78 is 30.1. The number of nitrogens with one attached hydrogen (secondary N) is 1. The summed E-state index contributed by atoms with van der Waals surface area (Å²) in [6, 6.07) is 4.84. The van der Waals surface area contributed by atoms with E-state index in [1.807, 2.05) is 0 Å². The Morgan fingerprint density at radius 3 is 2.56 bits per heavy atom. The monoisotopic (exact) mass is 267 g/mol. The molecule has 0 bridgehead atoms. The molecule has 2 aromatic rings. The third-order valence-corrected chi connectivity index (χ3v) is 3.13. The molecule has 0 aliphatic heterocycles. The predicted molar refractivity (Wildman–Crippen MR) is 69.4 cm³/mol. The van der Waals surface area contributed by atoms with E-state index in [4.69, 9.17) is 4.42 Å². The number of anilines is 1. The standard InChI is InChI=1S/C12H13NO4S/c1-7(14)12-8(2)17-11-5-4-9(6-10(11)12)13-18(3,15)16/h4-6,13H,1-3H3. The molecule has 0 amide bonds. The number of hydrogen-bond acceptors (Lipinski definition) is 4. The van der Waals surface area contributed by atoms with E-state index in [-0.39, 0.29) is 5.78 Å². The second-order valence-electron chi connectivity index (χ2n) is 4.17. The Labute approximate surface area is 105 Å². The Hall–Kier alpha value is -1.82. The first-order chi connectivity index (χ1) is 8.28. The highest BCUT2D eigenvalue weighted by molar-refractivity contribution is 7.92. The van der Waals surface area contributed by atoms with Crippen molar-refractivity contribution < 1.29 is 17.6 Å². The molecule has 0 saturated carbocycles. The summed E-state index contributed by atoms with van der Waals surface area (Å²) in [6.07, 6.45) is 1.07. The normalized spacial score (nSPS) is 11.7. The van der Waals surface area contributed by atoms with Gasteiger partial charge in [-0.1, -0.05) is 0 Å². The molecule has 0 atom stereocenters. The van der Waals surface area contributed by atoms with Crippen molar-refractivity contribution >= 4 is 32.5 Å². The van der Waals surface area contributed by atoms with E-state index in [1.165, 1.54) is 6.92 Å². The van der Waals surface area contributed by atoms with E-state index in [1.54, 1.807) is 25.1 Å². The number of benzene rings is 1. The van der Waals surface area contributed by atoms with Crippen LogP contribution in [0.25, 0.3) is 11.0 Å². The van der Waals surface area contributed by atoms with Gasteiger partial charge in [0.25, 0.3) is 0 Å². The Morgan fingerprint density at radius 2 is 2.00 bits per heavy atom. The Kier molecular flexibility index (Phi) is 2.90. The number of fused-ring (bicyclic) bond motifs is 1. The van der Waals surface area contributed by atoms with E-state index >= 15 is 0 Å². The minimum Gasteiger partial charge on any atom is -0.461 e. The van der Waals surface area contributed by atoms with E-state index in [0.717, 1.165) is 6.26 Å². The second kappa shape index (κ2) is 4.13. The third kappa shape index (κ3) is 2.38. The highest BCUT2D eigenvalue weighted by atomic mass is 32.2. The van der Waals surface area contributed by atoms with Crippen molar-refractivity contribution in [2.75, 3.05) is 11.0 Å². The Bertz CT molecular complexity index is 728. The number of carbonyl (C=O) groups excluding carboxylic acids is 1. The largest absolute Gasteiger partial charge is 0.461 e. The predicted octanol–water partition coefficient (Wildman–Crippen LogP) is 2.32. The molecule has 1 aromatic heterocycles. The van der Waals surface area contributed by atoms with Crippen LogP contribution in [0.5, 0.6) is 0 Å². The second-order valence-corrected chi connectivity index (χ2v) is 5.92. The number of sulfonamides is 1. The lowest BCUT2D eigenvalue weighted by Gasteiger charge is -2.03. The highest BCUT2D eigenvalue weighted by Gasteiger charge is 2.15. The molecule has 5 nitrogen and oxygen atoms in total. The summed E-state index contributed by atoms with van der Waals surface area (Å²) in [5.41, 5.74) is 1.47. The zero-order valence-corrected chi connectivity index (χ0v) is 11.1. The van der Waals surface area contributed by atoms with Gasteiger partial charge in [-0.05, 0) is 32.0 Å². The van der Waals surface area contributed by atoms with Gasteiger partial charge in [0, 0.05) is 11.1 Å². The van der Waals surface area contributed by atoms with Gasteiger partial charge in [-0.3, -0.25) is 9.52 Å². The van der Waals surface area contributed by atoms with Crippen LogP contribution in [-0.4, -0.2) is 20.5 Å². The number of hydrogen-bond donors (Lipinski definition) is 1. The van der Waals surface area contributed by atoms with Crippen molar-refractivity contribution in [1.82, 2.24) is 0 Å². The molecule has 0 aliphatic carbocycles. The first kappa shape index (κ1) is 12.6. The van der Waals surface area contributed by atoms with Crippen LogP contribution in [0.1, 0.15) is 23.0 Å². The number of rotatable bonds is 3. The molecule has 18 heavy (non-hydrogen) atoms. The quantitative estimate of drug-likeness (QED) is 0.866. The molecule has 1 heterocycles. The molecular formula is C12H13NO4S. The van der Waals surface area contributed by atoms with Crippen LogP contribution in [0.15, 0.2) is 22.6 Å². The molecule has 0 saturated heterocycles. The van der Waals surface area contributed by atoms with E-state index in [9.17, 15) is 13.2 Å². The first-order valence-corrected chi connectivity index (χ1v) is 7.19. The van der Waals surface area contributed by atoms with Crippen molar-refractivity contribution in [3.8, 4) is 0 Å². The molecule has 96 valence electrons. The molecule has 0 aliphatic rings. The van der Waals surface area contributed by atoms with Crippen molar-refractivity contribution in [1.29, 1.82) is 0 Å². The van der Waals surface area contributed by atoms with Crippen molar-refractivity contribution in [3.63, 3.8) is 0 Å². The molecule has 1 N–H and O–H groups in total. The number of carbonyl (C=O) groups is 1. The maximum atomic E-state index is 11.5. The smallest absolute Gasteiger partial charge is 0.229 e. The molecule has 0 unspecified atom stereocenters. The van der Waals surface area contributed by atoms with Crippen LogP contribution < -0.4 is 4.72 Å². The summed E-state index contributed by atoms with van der Waals surface area (Å²) in [4.78, 5) is 11.5. The van der Waals surface area contributed by atoms with Crippen LogP contribution in [0, 0.1) is 6.92 Å². The topological polar surface area (TPSA) is 76.4 Å². The lowest BCUT2D eigenvalue weighted by molar-refractivity contribution is 0.101. The maximum Gasteiger partial charge on any atom is 0.229 e. The van der Waals surface area contributed by atoms with Gasteiger partial charge in [0.15, 0.2) is 5.78 Å². The molecule has 2 rings (SSSR count). The molecule has 1 aromatic carbocycles. The van der Waals surface area contributed by atoms with Crippen LogP contribution in [0.3, 0.4) is 0 Å². The fourth-order valence-corrected chi connectivity index (χ4v) is 2.49. The fourth-order valence-electron chi connectivity index (χ4n) is 1.94. The molecule has 0 radical (unpaired) electrons. The zero-order valence-electron chi connectivity index (χ0n) is 10.3. The van der Waals surface area contributed by atoms with Crippen molar-refractivity contribution in [2.45, 2.75) is 13.8 Å². The van der Waals surface area contributed by atoms with Gasteiger partial charge in [0.2, 0.25) is 10.0 Å². The number of ketones is 1. The Morgan fingerprint density at radius 1 is 1.33 bits per heavy atom. The zero-order chi connectivity index (χ0) is 13.5. The van der Waals surface area contributed by atoms with E-state index < -0.39 is 10.0 Å². The van der Waals surface area contributed by atoms with Gasteiger partial charge < -0.3 is 4.42 Å². The molecular weight excluding hydrogens is 254 g/mol. The number of aryl methyl sites for hydroxylation is 1. The third-order valence-electron chi connectivity index (χ3n) is 2.52. The van der Waals surface area contributed by atoms with Gasteiger partial charge >= 0.3 is 0 Å². The summed E-state index contributed by atoms with van der Waals surface area (Å²) in [7, 11) is -3.34. The summed E-state index contributed by atoms with van der Waals surface area (Å²) in [5, 5.41) is 0.619. The lowest BCUT2D eigenvalue weighted by Crippen LogP contribution is -2.09. The summed E-state index contributed by atoms with van der Waals surface area (Å²) in [5.74, 6) is 0.428. The Balaban J connectivity index is 2.63. The summed E-state index contributed by atoms with van der Waals surface area (Å²) >= 11 is 0. The van der Waals surface area contributed by atoms with Crippen molar-refractivity contribution in [2.24, 2.45) is 0 Å². The van der Waals surface area contributed by atoms with E-state index in [2.05, 4.69) is 4.72 Å². The van der Waals surface area contributed by atoms with Gasteiger partial charge in [0.05, 0.1) is 11.8 Å². The highest BCUT2D eigenvalue weighted by Crippen LogP contribution is 2.28. The van der Waals surface area contributed by atoms with E-state index in [0.29, 0.717) is 28.0 Å².